The molecule has 0 saturated heterocycles. The molecule has 0 radical (unpaired) electrons. The number of amides is 2. The third kappa shape index (κ3) is 5.16. The minimum absolute atomic E-state index is 0.115. The number of rotatable bonds is 5. The van der Waals surface area contributed by atoms with Gasteiger partial charge in [0.2, 0.25) is 0 Å². The molecule has 27 heavy (non-hydrogen) atoms. The van der Waals surface area contributed by atoms with Crippen molar-refractivity contribution < 1.29 is 19.2 Å². The highest BCUT2D eigenvalue weighted by Gasteiger charge is 2.19. The van der Waals surface area contributed by atoms with Gasteiger partial charge in [-0.15, -0.1) is 0 Å². The van der Waals surface area contributed by atoms with Gasteiger partial charge in [-0.1, -0.05) is 12.1 Å². The molecule has 2 N–H and O–H groups in total. The van der Waals surface area contributed by atoms with Crippen LogP contribution in [0.4, 0.5) is 5.69 Å². The quantitative estimate of drug-likeness (QED) is 0.386. The molecule has 0 heterocycles. The van der Waals surface area contributed by atoms with Gasteiger partial charge in [0.25, 0.3) is 17.5 Å². The predicted octanol–water partition coefficient (Wildman–Crippen LogP) is 3.04. The molecule has 0 fully saturated rings. The number of halogens is 1. The van der Waals surface area contributed by atoms with Crippen LogP contribution in [0.3, 0.4) is 0 Å². The van der Waals surface area contributed by atoms with E-state index in [-0.39, 0.29) is 11.3 Å². The second-order valence-electron chi connectivity index (χ2n) is 5.82. The molecule has 2 aromatic carbocycles. The zero-order valence-corrected chi connectivity index (χ0v) is 17.1. The highest BCUT2D eigenvalue weighted by molar-refractivity contribution is 14.1. The van der Waals surface area contributed by atoms with Crippen LogP contribution in [0.15, 0.2) is 36.4 Å². The number of carbonyl (C=O) groups excluding carboxylic acids is 2. The van der Waals surface area contributed by atoms with Crippen molar-refractivity contribution in [3.63, 3.8) is 0 Å². The molecule has 0 aliphatic carbocycles. The summed E-state index contributed by atoms with van der Waals surface area (Å²) in [4.78, 5) is 34.6. The zero-order valence-electron chi connectivity index (χ0n) is 14.9. The van der Waals surface area contributed by atoms with E-state index in [0.29, 0.717) is 9.32 Å². The molecule has 2 rings (SSSR count). The lowest BCUT2D eigenvalue weighted by atomic mass is 10.1. The van der Waals surface area contributed by atoms with E-state index in [0.717, 1.165) is 11.1 Å². The summed E-state index contributed by atoms with van der Waals surface area (Å²) in [5, 5.41) is 10.8. The number of carbonyl (C=O) groups is 2. The molecule has 0 bridgehead atoms. The lowest BCUT2D eigenvalue weighted by Crippen LogP contribution is -2.47. The number of hydrazine groups is 1. The first-order valence-corrected chi connectivity index (χ1v) is 9.05. The van der Waals surface area contributed by atoms with Crippen LogP contribution >= 0.6 is 22.6 Å². The van der Waals surface area contributed by atoms with Crippen molar-refractivity contribution in [1.29, 1.82) is 0 Å². The Bertz CT molecular complexity index is 901. The van der Waals surface area contributed by atoms with Crippen molar-refractivity contribution in [2.75, 3.05) is 0 Å². The largest absolute Gasteiger partial charge is 0.481 e. The second kappa shape index (κ2) is 8.80. The summed E-state index contributed by atoms with van der Waals surface area (Å²) >= 11 is 1.82. The Kier molecular flexibility index (Phi) is 6.72. The van der Waals surface area contributed by atoms with Gasteiger partial charge in [-0.25, -0.2) is 0 Å². The topological polar surface area (TPSA) is 111 Å². The number of nitro groups is 1. The SMILES string of the molecule is Cc1cccc(OC(C)C(=O)NNC(=O)c2ccc([N+](=O)[O-])cc2I)c1C. The second-order valence-corrected chi connectivity index (χ2v) is 6.98. The number of hydrogen-bond donors (Lipinski definition) is 2. The van der Waals surface area contributed by atoms with Crippen LogP contribution in [0.25, 0.3) is 0 Å². The van der Waals surface area contributed by atoms with Crippen LogP contribution in [-0.2, 0) is 4.79 Å². The Morgan fingerprint density at radius 3 is 2.52 bits per heavy atom. The number of nitrogens with zero attached hydrogens (tertiary/aromatic N) is 1. The van der Waals surface area contributed by atoms with Gasteiger partial charge >= 0.3 is 0 Å². The van der Waals surface area contributed by atoms with E-state index < -0.39 is 22.8 Å². The molecular weight excluding hydrogens is 465 g/mol. The third-order valence-electron chi connectivity index (χ3n) is 3.94. The average Bonchev–Trinajstić information content (AvgIpc) is 2.62. The third-order valence-corrected chi connectivity index (χ3v) is 4.83. The molecule has 1 unspecified atom stereocenters. The van der Waals surface area contributed by atoms with Gasteiger partial charge in [-0.2, -0.15) is 0 Å². The lowest BCUT2D eigenvalue weighted by Gasteiger charge is -2.17. The van der Waals surface area contributed by atoms with Gasteiger partial charge in [-0.3, -0.25) is 30.6 Å². The van der Waals surface area contributed by atoms with Gasteiger partial charge in [-0.05, 0) is 66.6 Å². The minimum atomic E-state index is -0.832. The fourth-order valence-electron chi connectivity index (χ4n) is 2.18. The molecule has 0 spiro atoms. The number of benzene rings is 2. The highest BCUT2D eigenvalue weighted by atomic mass is 127. The summed E-state index contributed by atoms with van der Waals surface area (Å²) in [6, 6.07) is 9.38. The Labute approximate surface area is 169 Å². The Balaban J connectivity index is 1.97. The summed E-state index contributed by atoms with van der Waals surface area (Å²) in [6.07, 6.45) is -0.832. The van der Waals surface area contributed by atoms with Crippen LogP contribution in [-0.4, -0.2) is 22.8 Å². The summed E-state index contributed by atoms with van der Waals surface area (Å²) in [6.45, 7) is 5.41. The van der Waals surface area contributed by atoms with Crippen molar-refractivity contribution in [1.82, 2.24) is 10.9 Å². The van der Waals surface area contributed by atoms with Gasteiger partial charge < -0.3 is 4.74 Å². The van der Waals surface area contributed by atoms with Crippen molar-refractivity contribution in [3.05, 3.63) is 66.8 Å². The van der Waals surface area contributed by atoms with Crippen LogP contribution < -0.4 is 15.6 Å². The molecule has 0 aliphatic heterocycles. The summed E-state index contributed by atoms with van der Waals surface area (Å²) in [5.41, 5.74) is 6.66. The van der Waals surface area contributed by atoms with E-state index >= 15 is 0 Å². The maximum Gasteiger partial charge on any atom is 0.279 e. The lowest BCUT2D eigenvalue weighted by molar-refractivity contribution is -0.384. The van der Waals surface area contributed by atoms with Crippen LogP contribution in [0.2, 0.25) is 0 Å². The van der Waals surface area contributed by atoms with Crippen LogP contribution in [0.1, 0.15) is 28.4 Å². The Hall–Kier alpha value is -2.69. The smallest absolute Gasteiger partial charge is 0.279 e. The molecule has 0 aliphatic rings. The van der Waals surface area contributed by atoms with E-state index in [1.54, 1.807) is 13.0 Å². The molecule has 8 nitrogen and oxygen atoms in total. The summed E-state index contributed by atoms with van der Waals surface area (Å²) < 4.78 is 6.05. The molecule has 142 valence electrons. The molecule has 9 heteroatoms. The summed E-state index contributed by atoms with van der Waals surface area (Å²) in [5.74, 6) is -0.517. The number of aryl methyl sites for hydroxylation is 1. The molecule has 2 amide bonds. The molecule has 0 saturated carbocycles. The number of ether oxygens (including phenoxy) is 1. The van der Waals surface area contributed by atoms with Crippen molar-refractivity contribution in [2.24, 2.45) is 0 Å². The van der Waals surface area contributed by atoms with Crippen molar-refractivity contribution in [2.45, 2.75) is 26.9 Å². The number of nitrogens with one attached hydrogen (secondary N) is 2. The Morgan fingerprint density at radius 1 is 1.19 bits per heavy atom. The van der Waals surface area contributed by atoms with Gasteiger partial charge in [0.15, 0.2) is 6.10 Å². The maximum absolute atomic E-state index is 12.2. The molecule has 2 aromatic rings. The first-order valence-electron chi connectivity index (χ1n) is 7.97. The van der Waals surface area contributed by atoms with Crippen molar-refractivity contribution in [3.8, 4) is 5.75 Å². The number of hydrogen-bond acceptors (Lipinski definition) is 5. The fraction of sp³-hybridized carbons (Fsp3) is 0.222. The van der Waals surface area contributed by atoms with Crippen molar-refractivity contribution >= 4 is 40.1 Å². The molecule has 1 atom stereocenters. The van der Waals surface area contributed by atoms with E-state index in [4.69, 9.17) is 4.74 Å². The average molecular weight is 483 g/mol. The normalized spacial score (nSPS) is 11.4. The highest BCUT2D eigenvalue weighted by Crippen LogP contribution is 2.22. The monoisotopic (exact) mass is 483 g/mol. The maximum atomic E-state index is 12.2. The van der Waals surface area contributed by atoms with E-state index in [1.165, 1.54) is 18.2 Å². The molecular formula is C18H18IN3O5. The van der Waals surface area contributed by atoms with E-state index in [1.807, 2.05) is 48.6 Å². The number of non-ortho nitro benzene ring substituents is 1. The first-order chi connectivity index (χ1) is 12.7. The van der Waals surface area contributed by atoms with Crippen LogP contribution in [0, 0.1) is 27.5 Å². The standard InChI is InChI=1S/C18H18IN3O5/c1-10-5-4-6-16(11(10)2)27-12(3)17(23)20-21-18(24)14-8-7-13(22(25)26)9-15(14)19/h4-9,12H,1-3H3,(H,20,23)(H,21,24). The van der Waals surface area contributed by atoms with Gasteiger partial charge in [0.05, 0.1) is 10.5 Å². The minimum Gasteiger partial charge on any atom is -0.481 e. The van der Waals surface area contributed by atoms with Crippen LogP contribution in [0.5, 0.6) is 5.75 Å². The number of nitro benzene ring substituents is 1. The first kappa shape index (κ1) is 20.6. The predicted molar refractivity (Wildman–Crippen MR) is 107 cm³/mol. The van der Waals surface area contributed by atoms with Gasteiger partial charge in [0, 0.05) is 15.7 Å². The van der Waals surface area contributed by atoms with E-state index in [2.05, 4.69) is 10.9 Å². The van der Waals surface area contributed by atoms with Gasteiger partial charge in [0.1, 0.15) is 5.75 Å². The molecule has 0 aromatic heterocycles. The summed E-state index contributed by atoms with van der Waals surface area (Å²) in [7, 11) is 0. The Morgan fingerprint density at radius 2 is 1.89 bits per heavy atom. The zero-order chi connectivity index (χ0) is 20.1. The fourth-order valence-corrected chi connectivity index (χ4v) is 2.93. The van der Waals surface area contributed by atoms with E-state index in [9.17, 15) is 19.7 Å².